The molecule has 2 atom stereocenters. The molecule has 2 aromatic heterocycles. The third kappa shape index (κ3) is 3.37. The molecule has 1 fully saturated rings. The summed E-state index contributed by atoms with van der Waals surface area (Å²) in [7, 11) is 0.247. The zero-order valence-corrected chi connectivity index (χ0v) is 20.0. The number of aromatic nitrogens is 2. The van der Waals surface area contributed by atoms with Crippen molar-refractivity contribution in [1.82, 2.24) is 14.3 Å². The summed E-state index contributed by atoms with van der Waals surface area (Å²) in [6, 6.07) is 6.90. The molecule has 4 heterocycles. The van der Waals surface area contributed by atoms with Crippen LogP contribution >= 0.6 is 0 Å². The van der Waals surface area contributed by atoms with Gasteiger partial charge in [-0.3, -0.25) is 0 Å². The SMILES string of the molecule is COCCS(=O)(=O)N1CC2C=C(c3[nH]c4nccc5c4c3CN(C)c3ccc(F)cc3-5)CC2C1. The zero-order valence-electron chi connectivity index (χ0n) is 19.2. The molecule has 3 aromatic rings. The first-order valence-corrected chi connectivity index (χ1v) is 13.1. The van der Waals surface area contributed by atoms with E-state index >= 15 is 0 Å². The number of hydrogen-bond acceptors (Lipinski definition) is 5. The summed E-state index contributed by atoms with van der Waals surface area (Å²) in [6.45, 7) is 1.95. The first-order valence-electron chi connectivity index (χ1n) is 11.5. The van der Waals surface area contributed by atoms with Gasteiger partial charge in [0.1, 0.15) is 11.5 Å². The van der Waals surface area contributed by atoms with Crippen LogP contribution in [0.15, 0.2) is 36.5 Å². The number of ether oxygens (including phenoxy) is 1. The summed E-state index contributed by atoms with van der Waals surface area (Å²) in [5, 5.41) is 1.04. The lowest BCUT2D eigenvalue weighted by Gasteiger charge is -2.21. The lowest BCUT2D eigenvalue weighted by atomic mass is 9.97. The summed E-state index contributed by atoms with van der Waals surface area (Å²) in [5.74, 6) is 0.238. The van der Waals surface area contributed by atoms with Gasteiger partial charge in [0.25, 0.3) is 0 Å². The fourth-order valence-electron chi connectivity index (χ4n) is 5.82. The maximum absolute atomic E-state index is 14.2. The summed E-state index contributed by atoms with van der Waals surface area (Å²) in [4.78, 5) is 10.3. The molecule has 2 aliphatic heterocycles. The summed E-state index contributed by atoms with van der Waals surface area (Å²) in [5.41, 5.74) is 7.09. The summed E-state index contributed by atoms with van der Waals surface area (Å²) in [6.07, 6.45) is 4.83. The number of methoxy groups -OCH3 is 1. The summed E-state index contributed by atoms with van der Waals surface area (Å²) >= 11 is 0. The minimum atomic E-state index is -3.30. The van der Waals surface area contributed by atoms with Crippen LogP contribution in [0.25, 0.3) is 27.7 Å². The molecule has 0 radical (unpaired) electrons. The molecule has 34 heavy (non-hydrogen) atoms. The van der Waals surface area contributed by atoms with E-state index in [1.165, 1.54) is 18.7 Å². The second kappa shape index (κ2) is 7.90. The molecule has 1 aromatic carbocycles. The molecule has 6 rings (SSSR count). The number of hydrogen-bond donors (Lipinski definition) is 1. The number of allylic oxidation sites excluding steroid dienone is 1. The Balaban J connectivity index is 1.38. The van der Waals surface area contributed by atoms with Crippen LogP contribution in [-0.2, 0) is 21.3 Å². The van der Waals surface area contributed by atoms with Crippen molar-refractivity contribution in [3.63, 3.8) is 0 Å². The predicted molar refractivity (Wildman–Crippen MR) is 130 cm³/mol. The van der Waals surface area contributed by atoms with E-state index in [0.29, 0.717) is 19.6 Å². The Labute approximate surface area is 198 Å². The largest absolute Gasteiger partial charge is 0.384 e. The summed E-state index contributed by atoms with van der Waals surface area (Å²) < 4.78 is 46.0. The van der Waals surface area contributed by atoms with E-state index in [-0.39, 0.29) is 30.0 Å². The van der Waals surface area contributed by atoms with Crippen LogP contribution in [0.5, 0.6) is 0 Å². The van der Waals surface area contributed by atoms with Crippen molar-refractivity contribution in [3.05, 3.63) is 53.6 Å². The van der Waals surface area contributed by atoms with E-state index in [1.54, 1.807) is 16.6 Å². The number of rotatable bonds is 5. The van der Waals surface area contributed by atoms with E-state index in [2.05, 4.69) is 20.9 Å². The lowest BCUT2D eigenvalue weighted by molar-refractivity contribution is 0.215. The number of benzene rings is 1. The third-order valence-corrected chi connectivity index (χ3v) is 9.24. The van der Waals surface area contributed by atoms with Crippen molar-refractivity contribution in [3.8, 4) is 11.1 Å². The quantitative estimate of drug-likeness (QED) is 0.601. The third-order valence-electron chi connectivity index (χ3n) is 7.47. The van der Waals surface area contributed by atoms with Gasteiger partial charge in [0.05, 0.1) is 12.4 Å². The molecule has 1 aliphatic carbocycles. The number of fused-ring (bicyclic) bond motifs is 3. The molecule has 178 valence electrons. The molecule has 1 saturated heterocycles. The van der Waals surface area contributed by atoms with Gasteiger partial charge in [-0.15, -0.1) is 0 Å². The second-order valence-corrected chi connectivity index (χ2v) is 11.6. The fraction of sp³-hybridized carbons (Fsp3) is 0.400. The Bertz CT molecular complexity index is 1430. The van der Waals surface area contributed by atoms with Crippen molar-refractivity contribution in [2.45, 2.75) is 13.0 Å². The van der Waals surface area contributed by atoms with E-state index in [4.69, 9.17) is 4.74 Å². The number of nitrogens with zero attached hydrogens (tertiary/aromatic N) is 3. The first kappa shape index (κ1) is 21.8. The van der Waals surface area contributed by atoms with Crippen molar-refractivity contribution >= 4 is 32.3 Å². The Hall–Kier alpha value is -2.75. The van der Waals surface area contributed by atoms with Gasteiger partial charge in [-0.1, -0.05) is 6.08 Å². The number of halogens is 1. The van der Waals surface area contributed by atoms with Crippen LogP contribution < -0.4 is 4.90 Å². The van der Waals surface area contributed by atoms with Crippen molar-refractivity contribution in [2.75, 3.05) is 44.5 Å². The number of H-pyrrole nitrogens is 1. The first-order chi connectivity index (χ1) is 16.4. The molecule has 2 unspecified atom stereocenters. The van der Waals surface area contributed by atoms with Gasteiger partial charge in [0, 0.05) is 67.9 Å². The number of anilines is 1. The van der Waals surface area contributed by atoms with Gasteiger partial charge in [0.2, 0.25) is 10.0 Å². The molecule has 0 saturated carbocycles. The Morgan fingerprint density at radius 1 is 1.24 bits per heavy atom. The molecule has 7 nitrogen and oxygen atoms in total. The maximum atomic E-state index is 14.2. The van der Waals surface area contributed by atoms with E-state index < -0.39 is 10.0 Å². The van der Waals surface area contributed by atoms with E-state index in [0.717, 1.165) is 45.5 Å². The highest BCUT2D eigenvalue weighted by molar-refractivity contribution is 7.89. The minimum Gasteiger partial charge on any atom is -0.384 e. The van der Waals surface area contributed by atoms with Crippen LogP contribution in [-0.4, -0.2) is 62.3 Å². The molecule has 0 bridgehead atoms. The number of pyridine rings is 1. The molecule has 3 aliphatic rings. The highest BCUT2D eigenvalue weighted by Gasteiger charge is 2.41. The molecule has 1 N–H and O–H groups in total. The van der Waals surface area contributed by atoms with Crippen LogP contribution in [0.4, 0.5) is 10.1 Å². The smallest absolute Gasteiger partial charge is 0.216 e. The average molecular weight is 483 g/mol. The van der Waals surface area contributed by atoms with Gasteiger partial charge < -0.3 is 14.6 Å². The van der Waals surface area contributed by atoms with Crippen LogP contribution in [0.3, 0.4) is 0 Å². The van der Waals surface area contributed by atoms with Crippen LogP contribution in [0, 0.1) is 17.7 Å². The van der Waals surface area contributed by atoms with Gasteiger partial charge in [-0.2, -0.15) is 0 Å². The Morgan fingerprint density at radius 3 is 2.88 bits per heavy atom. The topological polar surface area (TPSA) is 78.5 Å². The minimum absolute atomic E-state index is 0.0214. The molecular formula is C25H27FN4O3S. The van der Waals surface area contributed by atoms with Gasteiger partial charge >= 0.3 is 0 Å². The lowest BCUT2D eigenvalue weighted by Crippen LogP contribution is -2.33. The van der Waals surface area contributed by atoms with Crippen LogP contribution in [0.2, 0.25) is 0 Å². The monoisotopic (exact) mass is 482 g/mol. The predicted octanol–water partition coefficient (Wildman–Crippen LogP) is 3.63. The Kier molecular flexibility index (Phi) is 5.05. The second-order valence-electron chi connectivity index (χ2n) is 9.52. The molecule has 0 amide bonds. The number of aromatic amines is 1. The molecular weight excluding hydrogens is 455 g/mol. The highest BCUT2D eigenvalue weighted by Crippen LogP contribution is 2.47. The van der Waals surface area contributed by atoms with Crippen LogP contribution in [0.1, 0.15) is 17.7 Å². The van der Waals surface area contributed by atoms with E-state index in [9.17, 15) is 12.8 Å². The van der Waals surface area contributed by atoms with Crippen molar-refractivity contribution in [2.24, 2.45) is 11.8 Å². The fourth-order valence-corrected chi connectivity index (χ4v) is 7.27. The average Bonchev–Trinajstić information content (AvgIpc) is 3.47. The maximum Gasteiger partial charge on any atom is 0.216 e. The normalized spacial score (nSPS) is 22.1. The molecule has 0 spiro atoms. The molecule has 9 heteroatoms. The van der Waals surface area contributed by atoms with Gasteiger partial charge in [0.15, 0.2) is 0 Å². The van der Waals surface area contributed by atoms with E-state index in [1.807, 2.05) is 19.2 Å². The Morgan fingerprint density at radius 2 is 2.09 bits per heavy atom. The van der Waals surface area contributed by atoms with Gasteiger partial charge in [-0.05, 0) is 53.7 Å². The van der Waals surface area contributed by atoms with Crippen molar-refractivity contribution < 1.29 is 17.5 Å². The zero-order chi connectivity index (χ0) is 23.6. The highest BCUT2D eigenvalue weighted by atomic mass is 32.2. The standard InChI is InChI=1S/C25H27FN4O3S/c1-29-14-21-23-19(20-11-18(26)3-4-22(20)29)5-6-27-25(23)28-24(21)15-9-16-12-30(13-17(16)10-15)34(31,32)8-7-33-2/h3-6,9,11,16-17H,7-8,10,12-14H2,1-2H3,(H,27,28). The number of nitrogens with one attached hydrogen (secondary N) is 1. The van der Waals surface area contributed by atoms with Gasteiger partial charge in [-0.25, -0.2) is 22.1 Å². The van der Waals surface area contributed by atoms with Crippen molar-refractivity contribution in [1.29, 1.82) is 0 Å². The number of sulfonamides is 1.